The lowest BCUT2D eigenvalue weighted by molar-refractivity contribution is 0.200. The lowest BCUT2D eigenvalue weighted by Gasteiger charge is -2.39. The van der Waals surface area contributed by atoms with Crippen molar-refractivity contribution in [3.63, 3.8) is 0 Å². The Hall–Kier alpha value is -1.44. The number of benzene rings is 1. The minimum absolute atomic E-state index is 0.171. The van der Waals surface area contributed by atoms with Crippen LogP contribution in [0.25, 0.3) is 10.9 Å². The van der Waals surface area contributed by atoms with E-state index < -0.39 is 0 Å². The van der Waals surface area contributed by atoms with Gasteiger partial charge in [-0.1, -0.05) is 26.7 Å². The van der Waals surface area contributed by atoms with Gasteiger partial charge in [0.05, 0.1) is 5.52 Å². The van der Waals surface area contributed by atoms with E-state index in [2.05, 4.69) is 24.9 Å². The number of rotatable bonds is 1. The Morgan fingerprint density at radius 3 is 2.84 bits per heavy atom. The Labute approximate surface area is 113 Å². The fourth-order valence-electron chi connectivity index (χ4n) is 3.51. The quantitative estimate of drug-likeness (QED) is 0.696. The third-order valence-corrected chi connectivity index (χ3v) is 4.62. The standard InChI is InChI=1S/C17H20FN/c1-17(2)9-4-3-5-15(17)13-8-10-19-16-7-6-12(18)11-14(13)16/h6-8,10-11,15H,3-5,9H2,1-2H3. The molecule has 1 aromatic carbocycles. The van der Waals surface area contributed by atoms with Crippen molar-refractivity contribution in [2.75, 3.05) is 0 Å². The lowest BCUT2D eigenvalue weighted by atomic mass is 9.66. The molecule has 1 aliphatic carbocycles. The summed E-state index contributed by atoms with van der Waals surface area (Å²) in [5.41, 5.74) is 2.47. The summed E-state index contributed by atoms with van der Waals surface area (Å²) in [4.78, 5) is 4.36. The van der Waals surface area contributed by atoms with Gasteiger partial charge in [0.1, 0.15) is 5.82 Å². The Kier molecular flexibility index (Phi) is 3.04. The second kappa shape index (κ2) is 4.59. The maximum absolute atomic E-state index is 13.5. The number of fused-ring (bicyclic) bond motifs is 1. The topological polar surface area (TPSA) is 12.9 Å². The van der Waals surface area contributed by atoms with Crippen LogP contribution in [0.5, 0.6) is 0 Å². The zero-order chi connectivity index (χ0) is 13.5. The summed E-state index contributed by atoms with van der Waals surface area (Å²) in [6.07, 6.45) is 6.88. The Morgan fingerprint density at radius 1 is 1.21 bits per heavy atom. The molecule has 19 heavy (non-hydrogen) atoms. The molecule has 0 aliphatic heterocycles. The summed E-state index contributed by atoms with van der Waals surface area (Å²) in [6.45, 7) is 4.67. The molecule has 0 saturated heterocycles. The summed E-state index contributed by atoms with van der Waals surface area (Å²) in [5, 5.41) is 0.988. The number of pyridine rings is 1. The average molecular weight is 257 g/mol. The Balaban J connectivity index is 2.16. The fraction of sp³-hybridized carbons (Fsp3) is 0.471. The van der Waals surface area contributed by atoms with E-state index in [-0.39, 0.29) is 5.82 Å². The van der Waals surface area contributed by atoms with Crippen LogP contribution in [0.1, 0.15) is 51.0 Å². The van der Waals surface area contributed by atoms with E-state index in [0.29, 0.717) is 11.3 Å². The van der Waals surface area contributed by atoms with Crippen LogP contribution >= 0.6 is 0 Å². The van der Waals surface area contributed by atoms with Crippen LogP contribution in [0.2, 0.25) is 0 Å². The van der Waals surface area contributed by atoms with E-state index in [1.807, 2.05) is 6.20 Å². The predicted molar refractivity (Wildman–Crippen MR) is 76.7 cm³/mol. The van der Waals surface area contributed by atoms with Crippen molar-refractivity contribution in [1.82, 2.24) is 4.98 Å². The minimum atomic E-state index is -0.171. The molecule has 0 N–H and O–H groups in total. The first-order valence-corrected chi connectivity index (χ1v) is 7.12. The molecule has 0 amide bonds. The maximum atomic E-state index is 13.5. The normalized spacial score (nSPS) is 22.6. The molecule has 1 saturated carbocycles. The number of aromatic nitrogens is 1. The van der Waals surface area contributed by atoms with Gasteiger partial charge in [0.15, 0.2) is 0 Å². The van der Waals surface area contributed by atoms with E-state index in [4.69, 9.17) is 0 Å². The van der Waals surface area contributed by atoms with Gasteiger partial charge in [0, 0.05) is 11.6 Å². The Bertz CT molecular complexity index is 603. The third kappa shape index (κ3) is 2.24. The van der Waals surface area contributed by atoms with Crippen molar-refractivity contribution in [1.29, 1.82) is 0 Å². The van der Waals surface area contributed by atoms with Crippen molar-refractivity contribution >= 4 is 10.9 Å². The first kappa shape index (κ1) is 12.6. The monoisotopic (exact) mass is 257 g/mol. The molecule has 2 heteroatoms. The molecular weight excluding hydrogens is 237 g/mol. The molecule has 100 valence electrons. The van der Waals surface area contributed by atoms with Gasteiger partial charge >= 0.3 is 0 Å². The van der Waals surface area contributed by atoms with E-state index >= 15 is 0 Å². The fourth-order valence-corrected chi connectivity index (χ4v) is 3.51. The molecule has 0 bridgehead atoms. The van der Waals surface area contributed by atoms with Crippen LogP contribution < -0.4 is 0 Å². The molecule has 1 fully saturated rings. The van der Waals surface area contributed by atoms with Crippen LogP contribution in [-0.2, 0) is 0 Å². The smallest absolute Gasteiger partial charge is 0.123 e. The highest BCUT2D eigenvalue weighted by Crippen LogP contribution is 2.48. The zero-order valence-corrected chi connectivity index (χ0v) is 11.6. The first-order chi connectivity index (χ1) is 9.08. The molecule has 1 aliphatic rings. The second-order valence-corrected chi connectivity index (χ2v) is 6.35. The summed E-state index contributed by atoms with van der Waals surface area (Å²) in [7, 11) is 0. The van der Waals surface area contributed by atoms with Crippen molar-refractivity contribution in [2.24, 2.45) is 5.41 Å². The summed E-state index contributed by atoms with van der Waals surface area (Å²) < 4.78 is 13.5. The molecule has 0 radical (unpaired) electrons. The van der Waals surface area contributed by atoms with Crippen molar-refractivity contribution < 1.29 is 4.39 Å². The van der Waals surface area contributed by atoms with Crippen LogP contribution in [0.4, 0.5) is 4.39 Å². The molecule has 2 aromatic rings. The zero-order valence-electron chi connectivity index (χ0n) is 11.6. The van der Waals surface area contributed by atoms with Gasteiger partial charge in [-0.15, -0.1) is 0 Å². The van der Waals surface area contributed by atoms with Crippen LogP contribution in [0, 0.1) is 11.2 Å². The number of halogens is 1. The minimum Gasteiger partial charge on any atom is -0.256 e. The van der Waals surface area contributed by atoms with Crippen molar-refractivity contribution in [3.05, 3.63) is 41.8 Å². The van der Waals surface area contributed by atoms with Gasteiger partial charge in [-0.2, -0.15) is 0 Å². The molecule has 0 spiro atoms. The largest absolute Gasteiger partial charge is 0.256 e. The summed E-state index contributed by atoms with van der Waals surface area (Å²) in [6, 6.07) is 7.00. The summed E-state index contributed by atoms with van der Waals surface area (Å²) >= 11 is 0. The summed E-state index contributed by atoms with van der Waals surface area (Å²) in [5.74, 6) is 0.337. The van der Waals surface area contributed by atoms with Gasteiger partial charge < -0.3 is 0 Å². The predicted octanol–water partition coefficient (Wildman–Crippen LogP) is 5.06. The van der Waals surface area contributed by atoms with E-state index in [1.165, 1.54) is 37.3 Å². The maximum Gasteiger partial charge on any atom is 0.123 e. The number of nitrogens with zero attached hydrogens (tertiary/aromatic N) is 1. The molecule has 3 rings (SSSR count). The number of hydrogen-bond donors (Lipinski definition) is 0. The molecule has 1 atom stereocenters. The van der Waals surface area contributed by atoms with Gasteiger partial charge in [-0.3, -0.25) is 4.98 Å². The molecule has 1 nitrogen and oxygen atoms in total. The SMILES string of the molecule is CC1(C)CCCCC1c1ccnc2ccc(F)cc12. The van der Waals surface area contributed by atoms with E-state index in [1.54, 1.807) is 12.1 Å². The van der Waals surface area contributed by atoms with Crippen LogP contribution in [-0.4, -0.2) is 4.98 Å². The van der Waals surface area contributed by atoms with E-state index in [9.17, 15) is 4.39 Å². The van der Waals surface area contributed by atoms with Gasteiger partial charge in [0.2, 0.25) is 0 Å². The second-order valence-electron chi connectivity index (χ2n) is 6.35. The average Bonchev–Trinajstić information content (AvgIpc) is 2.38. The van der Waals surface area contributed by atoms with Crippen LogP contribution in [0.15, 0.2) is 30.5 Å². The van der Waals surface area contributed by atoms with Gasteiger partial charge in [0.25, 0.3) is 0 Å². The van der Waals surface area contributed by atoms with Crippen molar-refractivity contribution in [3.8, 4) is 0 Å². The van der Waals surface area contributed by atoms with Crippen molar-refractivity contribution in [2.45, 2.75) is 45.4 Å². The lowest BCUT2D eigenvalue weighted by Crippen LogP contribution is -2.26. The molecule has 1 aromatic heterocycles. The van der Waals surface area contributed by atoms with Gasteiger partial charge in [-0.25, -0.2) is 4.39 Å². The highest BCUT2D eigenvalue weighted by molar-refractivity contribution is 5.82. The van der Waals surface area contributed by atoms with Crippen LogP contribution in [0.3, 0.4) is 0 Å². The highest BCUT2D eigenvalue weighted by atomic mass is 19.1. The van der Waals surface area contributed by atoms with E-state index in [0.717, 1.165) is 10.9 Å². The molecule has 1 heterocycles. The Morgan fingerprint density at radius 2 is 2.05 bits per heavy atom. The molecular formula is C17H20FN. The third-order valence-electron chi connectivity index (χ3n) is 4.62. The first-order valence-electron chi connectivity index (χ1n) is 7.12. The van der Waals surface area contributed by atoms with Gasteiger partial charge in [-0.05, 0) is 54.0 Å². The number of hydrogen-bond acceptors (Lipinski definition) is 1. The molecule has 1 unspecified atom stereocenters. The highest BCUT2D eigenvalue weighted by Gasteiger charge is 2.34.